The summed E-state index contributed by atoms with van der Waals surface area (Å²) in [6.07, 6.45) is 6.78. The van der Waals surface area contributed by atoms with Crippen LogP contribution < -0.4 is 5.73 Å². The summed E-state index contributed by atoms with van der Waals surface area (Å²) < 4.78 is 0. The molecule has 124 valence electrons. The van der Waals surface area contributed by atoms with Crippen molar-refractivity contribution in [2.45, 2.75) is 72.8 Å². The third-order valence-electron chi connectivity index (χ3n) is 7.11. The molecule has 2 nitrogen and oxygen atoms in total. The molecule has 2 N–H and O–H groups in total. The normalized spacial score (nSPS) is 39.4. The number of hydrogen-bond acceptors (Lipinski definition) is 2. The highest BCUT2D eigenvalue weighted by Crippen LogP contribution is 2.44. The molecule has 0 aromatic carbocycles. The Labute approximate surface area is 132 Å². The second kappa shape index (κ2) is 7.00. The van der Waals surface area contributed by atoms with Gasteiger partial charge in [-0.3, -0.25) is 4.90 Å². The Morgan fingerprint density at radius 2 is 1.81 bits per heavy atom. The predicted molar refractivity (Wildman–Crippen MR) is 92.3 cm³/mol. The number of nitrogens with two attached hydrogens (primary N) is 1. The standard InChI is InChI=1S/C19H38N2/c1-6-19(4,5)17-8-7-16(12-20)18(11-17)21-10-9-14(2)15(3)13-21/h14-18H,6-13,20H2,1-5H3. The van der Waals surface area contributed by atoms with Gasteiger partial charge < -0.3 is 5.73 Å². The average Bonchev–Trinajstić information content (AvgIpc) is 2.49. The molecule has 1 aliphatic heterocycles. The molecule has 0 aromatic rings. The van der Waals surface area contributed by atoms with Crippen LogP contribution in [0.1, 0.15) is 66.7 Å². The first-order valence-electron chi connectivity index (χ1n) is 9.33. The zero-order chi connectivity index (χ0) is 15.6. The molecule has 0 radical (unpaired) electrons. The van der Waals surface area contributed by atoms with Crippen LogP contribution in [-0.2, 0) is 0 Å². The number of nitrogens with zero attached hydrogens (tertiary/aromatic N) is 1. The first-order valence-corrected chi connectivity index (χ1v) is 9.33. The largest absolute Gasteiger partial charge is 0.330 e. The Morgan fingerprint density at radius 3 is 2.38 bits per heavy atom. The summed E-state index contributed by atoms with van der Waals surface area (Å²) in [5, 5.41) is 0. The highest BCUT2D eigenvalue weighted by Gasteiger charge is 2.40. The maximum atomic E-state index is 6.12. The van der Waals surface area contributed by atoms with E-state index in [1.54, 1.807) is 0 Å². The minimum absolute atomic E-state index is 0.493. The van der Waals surface area contributed by atoms with Crippen molar-refractivity contribution in [3.8, 4) is 0 Å². The van der Waals surface area contributed by atoms with Crippen LogP contribution in [0.25, 0.3) is 0 Å². The molecule has 5 unspecified atom stereocenters. The highest BCUT2D eigenvalue weighted by molar-refractivity contribution is 4.93. The Hall–Kier alpha value is -0.0800. The zero-order valence-corrected chi connectivity index (χ0v) is 15.1. The zero-order valence-electron chi connectivity index (χ0n) is 15.1. The van der Waals surface area contributed by atoms with Crippen LogP contribution in [0.4, 0.5) is 0 Å². The van der Waals surface area contributed by atoms with Crippen molar-refractivity contribution < 1.29 is 0 Å². The van der Waals surface area contributed by atoms with Crippen LogP contribution in [0.5, 0.6) is 0 Å². The second-order valence-corrected chi connectivity index (χ2v) is 8.65. The summed E-state index contributed by atoms with van der Waals surface area (Å²) >= 11 is 0. The van der Waals surface area contributed by atoms with Crippen molar-refractivity contribution in [3.05, 3.63) is 0 Å². The maximum Gasteiger partial charge on any atom is 0.0138 e. The van der Waals surface area contributed by atoms with Crippen LogP contribution >= 0.6 is 0 Å². The topological polar surface area (TPSA) is 29.3 Å². The molecule has 1 heterocycles. The van der Waals surface area contributed by atoms with Gasteiger partial charge in [0.25, 0.3) is 0 Å². The van der Waals surface area contributed by atoms with E-state index >= 15 is 0 Å². The fourth-order valence-corrected chi connectivity index (χ4v) is 4.53. The van der Waals surface area contributed by atoms with Crippen LogP contribution in [-0.4, -0.2) is 30.6 Å². The van der Waals surface area contributed by atoms with Gasteiger partial charge in [0, 0.05) is 12.6 Å². The molecule has 2 rings (SSSR count). The Bertz CT molecular complexity index is 326. The van der Waals surface area contributed by atoms with Gasteiger partial charge in [-0.15, -0.1) is 0 Å². The summed E-state index contributed by atoms with van der Waals surface area (Å²) in [4.78, 5) is 2.81. The summed E-state index contributed by atoms with van der Waals surface area (Å²) in [7, 11) is 0. The third-order valence-corrected chi connectivity index (χ3v) is 7.11. The highest BCUT2D eigenvalue weighted by atomic mass is 15.2. The molecule has 0 spiro atoms. The summed E-state index contributed by atoms with van der Waals surface area (Å²) in [6, 6.07) is 0.745. The molecular formula is C19H38N2. The van der Waals surface area contributed by atoms with Gasteiger partial charge in [0.15, 0.2) is 0 Å². The van der Waals surface area contributed by atoms with Gasteiger partial charge >= 0.3 is 0 Å². The van der Waals surface area contributed by atoms with Crippen LogP contribution in [0.3, 0.4) is 0 Å². The van der Waals surface area contributed by atoms with Crippen LogP contribution in [0, 0.1) is 29.1 Å². The van der Waals surface area contributed by atoms with E-state index < -0.39 is 0 Å². The van der Waals surface area contributed by atoms with E-state index in [9.17, 15) is 0 Å². The van der Waals surface area contributed by atoms with Crippen molar-refractivity contribution in [1.29, 1.82) is 0 Å². The van der Waals surface area contributed by atoms with Gasteiger partial charge in [-0.05, 0) is 67.9 Å². The van der Waals surface area contributed by atoms with Crippen molar-refractivity contribution in [2.75, 3.05) is 19.6 Å². The predicted octanol–water partition coefficient (Wildman–Crippen LogP) is 4.14. The lowest BCUT2D eigenvalue weighted by molar-refractivity contribution is 0.00720. The minimum Gasteiger partial charge on any atom is -0.330 e. The van der Waals surface area contributed by atoms with E-state index in [0.717, 1.165) is 36.3 Å². The van der Waals surface area contributed by atoms with Gasteiger partial charge in [-0.25, -0.2) is 0 Å². The molecule has 1 saturated carbocycles. The Kier molecular flexibility index (Phi) is 5.76. The van der Waals surface area contributed by atoms with E-state index in [-0.39, 0.29) is 0 Å². The van der Waals surface area contributed by atoms with Crippen molar-refractivity contribution in [1.82, 2.24) is 4.90 Å². The molecule has 21 heavy (non-hydrogen) atoms. The number of rotatable bonds is 4. The first kappa shape index (κ1) is 17.3. The van der Waals surface area contributed by atoms with E-state index in [1.807, 2.05) is 0 Å². The summed E-state index contributed by atoms with van der Waals surface area (Å²) in [5.74, 6) is 3.35. The van der Waals surface area contributed by atoms with E-state index in [0.29, 0.717) is 5.41 Å². The Morgan fingerprint density at radius 1 is 1.10 bits per heavy atom. The number of hydrogen-bond donors (Lipinski definition) is 1. The average molecular weight is 295 g/mol. The fourth-order valence-electron chi connectivity index (χ4n) is 4.53. The van der Waals surface area contributed by atoms with E-state index in [1.165, 1.54) is 45.2 Å². The fraction of sp³-hybridized carbons (Fsp3) is 1.00. The Balaban J connectivity index is 2.06. The third kappa shape index (κ3) is 3.82. The molecule has 1 saturated heterocycles. The smallest absolute Gasteiger partial charge is 0.0138 e. The molecule has 2 aliphatic rings. The SMILES string of the molecule is CCC(C)(C)C1CCC(CN)C(N2CCC(C)C(C)C2)C1. The lowest BCUT2D eigenvalue weighted by atomic mass is 9.65. The lowest BCUT2D eigenvalue weighted by Gasteiger charge is -2.49. The molecule has 1 aliphatic carbocycles. The van der Waals surface area contributed by atoms with Crippen molar-refractivity contribution in [2.24, 2.45) is 34.8 Å². The van der Waals surface area contributed by atoms with E-state index in [4.69, 9.17) is 5.73 Å². The molecule has 0 bridgehead atoms. The second-order valence-electron chi connectivity index (χ2n) is 8.65. The monoisotopic (exact) mass is 294 g/mol. The van der Waals surface area contributed by atoms with Crippen LogP contribution in [0.15, 0.2) is 0 Å². The van der Waals surface area contributed by atoms with Crippen molar-refractivity contribution >= 4 is 0 Å². The number of piperidine rings is 1. The molecule has 5 atom stereocenters. The molecule has 2 heteroatoms. The minimum atomic E-state index is 0.493. The van der Waals surface area contributed by atoms with E-state index in [2.05, 4.69) is 39.5 Å². The molecule has 0 amide bonds. The van der Waals surface area contributed by atoms with Crippen LogP contribution in [0.2, 0.25) is 0 Å². The van der Waals surface area contributed by atoms with Crippen molar-refractivity contribution in [3.63, 3.8) is 0 Å². The quantitative estimate of drug-likeness (QED) is 0.844. The molecular weight excluding hydrogens is 256 g/mol. The first-order chi connectivity index (χ1) is 9.89. The summed E-state index contributed by atoms with van der Waals surface area (Å²) in [6.45, 7) is 15.6. The number of likely N-dealkylation sites (tertiary alicyclic amines) is 1. The maximum absolute atomic E-state index is 6.12. The van der Waals surface area contributed by atoms with Gasteiger partial charge in [-0.2, -0.15) is 0 Å². The lowest BCUT2D eigenvalue weighted by Crippen LogP contribution is -2.52. The van der Waals surface area contributed by atoms with Gasteiger partial charge in [-0.1, -0.05) is 41.0 Å². The molecule has 2 fully saturated rings. The van der Waals surface area contributed by atoms with Gasteiger partial charge in [0.1, 0.15) is 0 Å². The van der Waals surface area contributed by atoms with Gasteiger partial charge in [0.2, 0.25) is 0 Å². The molecule has 0 aromatic heterocycles. The van der Waals surface area contributed by atoms with Gasteiger partial charge in [0.05, 0.1) is 0 Å². The summed E-state index contributed by atoms with van der Waals surface area (Å²) in [5.41, 5.74) is 6.62.